The molecule has 0 radical (unpaired) electrons. The van der Waals surface area contributed by atoms with E-state index in [9.17, 15) is 4.79 Å². The molecule has 2 N–H and O–H groups in total. The highest BCUT2D eigenvalue weighted by molar-refractivity contribution is 5.77. The lowest BCUT2D eigenvalue weighted by Crippen LogP contribution is -2.28. The van der Waals surface area contributed by atoms with Crippen LogP contribution >= 0.6 is 0 Å². The van der Waals surface area contributed by atoms with Crippen molar-refractivity contribution in [3.05, 3.63) is 24.3 Å². The lowest BCUT2D eigenvalue weighted by atomic mass is 10.2. The van der Waals surface area contributed by atoms with Gasteiger partial charge in [-0.15, -0.1) is 0 Å². The summed E-state index contributed by atoms with van der Waals surface area (Å²) in [6.07, 6.45) is 0.518. The van der Waals surface area contributed by atoms with Crippen molar-refractivity contribution in [1.29, 1.82) is 0 Å². The molecule has 0 aliphatic heterocycles. The van der Waals surface area contributed by atoms with Crippen LogP contribution in [0, 0.1) is 0 Å². The number of hydrogen-bond donors (Lipinski definition) is 2. The Morgan fingerprint density at radius 2 is 2.22 bits per heavy atom. The van der Waals surface area contributed by atoms with E-state index in [2.05, 4.69) is 5.32 Å². The molecule has 0 amide bonds. The van der Waals surface area contributed by atoms with Crippen LogP contribution in [0.15, 0.2) is 24.3 Å². The van der Waals surface area contributed by atoms with Gasteiger partial charge >= 0.3 is 5.97 Å². The van der Waals surface area contributed by atoms with E-state index in [1.165, 1.54) is 0 Å². The van der Waals surface area contributed by atoms with Crippen molar-refractivity contribution in [3.8, 4) is 5.75 Å². The number of aliphatic carboxylic acids is 1. The first-order valence-corrected chi connectivity index (χ1v) is 5.88. The zero-order chi connectivity index (χ0) is 13.4. The maximum absolute atomic E-state index is 10.9. The smallest absolute Gasteiger partial charge is 0.326 e. The van der Waals surface area contributed by atoms with E-state index in [1.807, 2.05) is 25.1 Å². The minimum absolute atomic E-state index is 0.468. The number of hydrogen-bond acceptors (Lipinski definition) is 4. The Morgan fingerprint density at radius 3 is 2.83 bits per heavy atom. The molecule has 0 aliphatic carbocycles. The molecule has 1 atom stereocenters. The summed E-state index contributed by atoms with van der Waals surface area (Å²) in [7, 11) is 1.61. The summed E-state index contributed by atoms with van der Waals surface area (Å²) in [4.78, 5) is 10.9. The van der Waals surface area contributed by atoms with Crippen LogP contribution in [0.1, 0.15) is 13.3 Å². The molecule has 0 fully saturated rings. The molecular weight excluding hydrogens is 234 g/mol. The fourth-order valence-electron chi connectivity index (χ4n) is 1.46. The van der Waals surface area contributed by atoms with Crippen molar-refractivity contribution in [2.24, 2.45) is 0 Å². The number of ether oxygens (including phenoxy) is 2. The average molecular weight is 253 g/mol. The van der Waals surface area contributed by atoms with Gasteiger partial charge in [0.05, 0.1) is 6.61 Å². The molecule has 0 aliphatic rings. The zero-order valence-corrected chi connectivity index (χ0v) is 10.7. The molecule has 18 heavy (non-hydrogen) atoms. The molecular formula is C13H19NO4. The van der Waals surface area contributed by atoms with Crippen LogP contribution in [0.25, 0.3) is 0 Å². The second-order valence-corrected chi connectivity index (χ2v) is 3.81. The molecule has 0 saturated carbocycles. The number of rotatable bonds is 8. The van der Waals surface area contributed by atoms with Gasteiger partial charge in [-0.2, -0.15) is 0 Å². The summed E-state index contributed by atoms with van der Waals surface area (Å²) >= 11 is 0. The van der Waals surface area contributed by atoms with Gasteiger partial charge in [-0.1, -0.05) is 13.0 Å². The lowest BCUT2D eigenvalue weighted by molar-refractivity contribution is -0.137. The maximum atomic E-state index is 10.9. The second-order valence-electron chi connectivity index (χ2n) is 3.81. The van der Waals surface area contributed by atoms with E-state index >= 15 is 0 Å². The van der Waals surface area contributed by atoms with Gasteiger partial charge in [-0.3, -0.25) is 0 Å². The molecule has 0 aromatic heterocycles. The first kappa shape index (κ1) is 14.3. The topological polar surface area (TPSA) is 67.8 Å². The molecule has 1 aromatic rings. The molecule has 0 heterocycles. The lowest BCUT2D eigenvalue weighted by Gasteiger charge is -2.14. The predicted molar refractivity (Wildman–Crippen MR) is 69.2 cm³/mol. The standard InChI is InChI=1S/C13H19NO4/c1-3-12(13(15)16)14-10-5-4-6-11(9-10)18-8-7-17-2/h4-6,9,12,14H,3,7-8H2,1-2H3,(H,15,16). The van der Waals surface area contributed by atoms with Crippen LogP contribution in [0.4, 0.5) is 5.69 Å². The molecule has 5 heteroatoms. The van der Waals surface area contributed by atoms with E-state index in [-0.39, 0.29) is 0 Å². The fraction of sp³-hybridized carbons (Fsp3) is 0.462. The third-order valence-corrected chi connectivity index (χ3v) is 2.44. The first-order chi connectivity index (χ1) is 8.67. The Bertz CT molecular complexity index is 381. The number of carboxylic acid groups (broad SMARTS) is 1. The average Bonchev–Trinajstić information content (AvgIpc) is 2.36. The minimum Gasteiger partial charge on any atom is -0.491 e. The highest BCUT2D eigenvalue weighted by Crippen LogP contribution is 2.18. The number of carboxylic acids is 1. The van der Waals surface area contributed by atoms with Crippen LogP contribution in [-0.2, 0) is 9.53 Å². The van der Waals surface area contributed by atoms with Crippen molar-refractivity contribution in [2.75, 3.05) is 25.6 Å². The van der Waals surface area contributed by atoms with E-state index in [0.717, 1.165) is 5.69 Å². The molecule has 0 bridgehead atoms. The molecule has 0 spiro atoms. The van der Waals surface area contributed by atoms with E-state index < -0.39 is 12.0 Å². The Labute approximate surface area is 107 Å². The number of anilines is 1. The van der Waals surface area contributed by atoms with Gasteiger partial charge in [-0.25, -0.2) is 4.79 Å². The van der Waals surface area contributed by atoms with E-state index in [0.29, 0.717) is 25.4 Å². The number of benzene rings is 1. The van der Waals surface area contributed by atoms with Gasteiger partial charge in [0.15, 0.2) is 0 Å². The minimum atomic E-state index is -0.858. The molecule has 1 rings (SSSR count). The molecule has 100 valence electrons. The van der Waals surface area contributed by atoms with Crippen LogP contribution in [0.5, 0.6) is 5.75 Å². The number of carbonyl (C=O) groups is 1. The summed E-state index contributed by atoms with van der Waals surface area (Å²) in [6.45, 7) is 2.81. The van der Waals surface area contributed by atoms with Crippen molar-refractivity contribution in [3.63, 3.8) is 0 Å². The Morgan fingerprint density at radius 1 is 1.44 bits per heavy atom. The molecule has 0 saturated heterocycles. The third kappa shape index (κ3) is 4.63. The van der Waals surface area contributed by atoms with E-state index in [1.54, 1.807) is 13.2 Å². The first-order valence-electron chi connectivity index (χ1n) is 5.88. The van der Waals surface area contributed by atoms with Gasteiger partial charge in [-0.05, 0) is 18.6 Å². The molecule has 1 aromatic carbocycles. The van der Waals surface area contributed by atoms with Crippen LogP contribution in [-0.4, -0.2) is 37.4 Å². The highest BCUT2D eigenvalue weighted by Gasteiger charge is 2.14. The van der Waals surface area contributed by atoms with Crippen molar-refractivity contribution in [2.45, 2.75) is 19.4 Å². The van der Waals surface area contributed by atoms with Gasteiger partial charge in [0.25, 0.3) is 0 Å². The molecule has 1 unspecified atom stereocenters. The highest BCUT2D eigenvalue weighted by atomic mass is 16.5. The molecule has 5 nitrogen and oxygen atoms in total. The van der Waals surface area contributed by atoms with Crippen LogP contribution in [0.2, 0.25) is 0 Å². The van der Waals surface area contributed by atoms with Gasteiger partial charge in [0.2, 0.25) is 0 Å². The monoisotopic (exact) mass is 253 g/mol. The summed E-state index contributed by atoms with van der Waals surface area (Å²) in [5.74, 6) is -0.166. The number of nitrogens with one attached hydrogen (secondary N) is 1. The summed E-state index contributed by atoms with van der Waals surface area (Å²) in [5, 5.41) is 11.9. The van der Waals surface area contributed by atoms with Crippen LogP contribution < -0.4 is 10.1 Å². The van der Waals surface area contributed by atoms with Crippen molar-refractivity contribution < 1.29 is 19.4 Å². The second kappa shape index (κ2) is 7.55. The quantitative estimate of drug-likeness (QED) is 0.693. The van der Waals surface area contributed by atoms with Crippen molar-refractivity contribution >= 4 is 11.7 Å². The fourth-order valence-corrected chi connectivity index (χ4v) is 1.46. The third-order valence-electron chi connectivity index (χ3n) is 2.44. The Balaban J connectivity index is 2.60. The summed E-state index contributed by atoms with van der Waals surface area (Å²) in [6, 6.07) is 6.65. The Hall–Kier alpha value is -1.75. The van der Waals surface area contributed by atoms with Crippen molar-refractivity contribution in [1.82, 2.24) is 0 Å². The summed E-state index contributed by atoms with van der Waals surface area (Å²) in [5.41, 5.74) is 0.735. The van der Waals surface area contributed by atoms with E-state index in [4.69, 9.17) is 14.6 Å². The largest absolute Gasteiger partial charge is 0.491 e. The Kier molecular flexibility index (Phi) is 6.00. The zero-order valence-electron chi connectivity index (χ0n) is 10.7. The maximum Gasteiger partial charge on any atom is 0.326 e. The van der Waals surface area contributed by atoms with Gasteiger partial charge in [0, 0.05) is 18.9 Å². The normalized spacial score (nSPS) is 11.9. The number of methoxy groups -OCH3 is 1. The van der Waals surface area contributed by atoms with Gasteiger partial charge in [0.1, 0.15) is 18.4 Å². The van der Waals surface area contributed by atoms with Gasteiger partial charge < -0.3 is 19.9 Å². The SMILES string of the molecule is CCC(Nc1cccc(OCCOC)c1)C(=O)O. The predicted octanol–water partition coefficient (Wildman–Crippen LogP) is 1.99. The van der Waals surface area contributed by atoms with Crippen LogP contribution in [0.3, 0.4) is 0 Å². The summed E-state index contributed by atoms with van der Waals surface area (Å²) < 4.78 is 10.3.